The van der Waals surface area contributed by atoms with E-state index in [-0.39, 0.29) is 20.0 Å². The van der Waals surface area contributed by atoms with E-state index in [0.29, 0.717) is 12.3 Å². The minimum atomic E-state index is -0.829. The summed E-state index contributed by atoms with van der Waals surface area (Å²) in [6.45, 7) is 3.00. The molecule has 6 heteroatoms. The zero-order chi connectivity index (χ0) is 13.5. The lowest BCUT2D eigenvalue weighted by molar-refractivity contribution is -0.176. The summed E-state index contributed by atoms with van der Waals surface area (Å²) in [7, 11) is 0. The molecule has 3 rings (SSSR count). The van der Waals surface area contributed by atoms with Gasteiger partial charge in [-0.05, 0) is 18.6 Å². The second-order valence-corrected chi connectivity index (χ2v) is 4.95. The molecule has 0 atom stereocenters. The van der Waals surface area contributed by atoms with Gasteiger partial charge >= 0.3 is 5.97 Å². The number of rotatable bonds is 4. The van der Waals surface area contributed by atoms with Gasteiger partial charge in [0.15, 0.2) is 11.5 Å². The molecule has 2 aliphatic heterocycles. The summed E-state index contributed by atoms with van der Waals surface area (Å²) in [5.74, 6) is 0.579. The van der Waals surface area contributed by atoms with Gasteiger partial charge in [-0.1, -0.05) is 0 Å². The summed E-state index contributed by atoms with van der Waals surface area (Å²) >= 11 is 0. The number of carbonyl (C=O) groups is 1. The summed E-state index contributed by atoms with van der Waals surface area (Å²) < 4.78 is 15.6. The van der Waals surface area contributed by atoms with Crippen molar-refractivity contribution >= 4 is 11.7 Å². The molecule has 1 aromatic carbocycles. The molecule has 0 bridgehead atoms. The van der Waals surface area contributed by atoms with Gasteiger partial charge in [-0.15, -0.1) is 0 Å². The van der Waals surface area contributed by atoms with Crippen LogP contribution in [0.25, 0.3) is 0 Å². The van der Waals surface area contributed by atoms with Gasteiger partial charge in [-0.2, -0.15) is 0 Å². The lowest BCUT2D eigenvalue weighted by Gasteiger charge is -2.37. The van der Waals surface area contributed by atoms with E-state index in [2.05, 4.69) is 5.32 Å². The van der Waals surface area contributed by atoms with E-state index in [1.54, 1.807) is 0 Å². The second-order valence-electron chi connectivity index (χ2n) is 4.95. The van der Waals surface area contributed by atoms with Crippen molar-refractivity contribution in [3.63, 3.8) is 0 Å². The quantitative estimate of drug-likeness (QED) is 0.853. The van der Waals surface area contributed by atoms with Crippen LogP contribution in [0.1, 0.15) is 5.56 Å². The topological polar surface area (TPSA) is 77.0 Å². The molecule has 2 aliphatic rings. The smallest absolute Gasteiger partial charge is 0.316 e. The van der Waals surface area contributed by atoms with Crippen molar-refractivity contribution in [1.82, 2.24) is 0 Å². The number of nitrogens with one attached hydrogen (secondary N) is 1. The van der Waals surface area contributed by atoms with Gasteiger partial charge in [0.1, 0.15) is 5.41 Å². The largest absolute Gasteiger partial charge is 0.481 e. The lowest BCUT2D eigenvalue weighted by atomic mass is 9.86. The molecule has 2 N–H and O–H groups in total. The van der Waals surface area contributed by atoms with E-state index >= 15 is 0 Å². The van der Waals surface area contributed by atoms with E-state index in [0.717, 1.165) is 17.0 Å². The van der Waals surface area contributed by atoms with Gasteiger partial charge in [0, 0.05) is 18.3 Å². The predicted octanol–water partition coefficient (Wildman–Crippen LogP) is 1.24. The number of aryl methyl sites for hydroxylation is 1. The van der Waals surface area contributed by atoms with Gasteiger partial charge in [-0.3, -0.25) is 4.79 Å². The maximum Gasteiger partial charge on any atom is 0.316 e. The molecule has 0 amide bonds. The molecule has 1 aromatic rings. The van der Waals surface area contributed by atoms with Gasteiger partial charge in [0.2, 0.25) is 6.79 Å². The number of carboxylic acid groups (broad SMARTS) is 1. The first-order chi connectivity index (χ1) is 9.11. The standard InChI is InChI=1S/C13H15NO5/c1-8-2-10-11(19-7-18-10)3-9(8)14-4-13(12(15)16)5-17-6-13/h2-3,14H,4-7H2,1H3,(H,15,16). The van der Waals surface area contributed by atoms with Crippen LogP contribution in [0.2, 0.25) is 0 Å². The maximum absolute atomic E-state index is 11.2. The van der Waals surface area contributed by atoms with Crippen LogP contribution in [0.15, 0.2) is 12.1 Å². The highest BCUT2D eigenvalue weighted by Gasteiger charge is 2.46. The molecular formula is C13H15NO5. The third-order valence-electron chi connectivity index (χ3n) is 3.55. The van der Waals surface area contributed by atoms with Gasteiger partial charge in [-0.25, -0.2) is 0 Å². The molecular weight excluding hydrogens is 250 g/mol. The highest BCUT2D eigenvalue weighted by Crippen LogP contribution is 2.37. The first kappa shape index (κ1) is 12.1. The van der Waals surface area contributed by atoms with Gasteiger partial charge in [0.25, 0.3) is 0 Å². The average molecular weight is 265 g/mol. The molecule has 0 spiro atoms. The number of hydrogen-bond acceptors (Lipinski definition) is 5. The Kier molecular flexibility index (Phi) is 2.74. The lowest BCUT2D eigenvalue weighted by Crippen LogP contribution is -2.53. The molecule has 102 valence electrons. The molecule has 2 heterocycles. The number of fused-ring (bicyclic) bond motifs is 1. The number of carboxylic acids is 1. The number of anilines is 1. The number of benzene rings is 1. The third-order valence-corrected chi connectivity index (χ3v) is 3.55. The van der Waals surface area contributed by atoms with Crippen LogP contribution in [0, 0.1) is 12.3 Å². The van der Waals surface area contributed by atoms with Crippen molar-refractivity contribution in [1.29, 1.82) is 0 Å². The summed E-state index contributed by atoms with van der Waals surface area (Å²) in [5.41, 5.74) is 1.03. The Labute approximate surface area is 110 Å². The van der Waals surface area contributed by atoms with Crippen molar-refractivity contribution < 1.29 is 24.1 Å². The first-order valence-electron chi connectivity index (χ1n) is 6.06. The van der Waals surface area contributed by atoms with Crippen molar-refractivity contribution in [2.45, 2.75) is 6.92 Å². The van der Waals surface area contributed by atoms with Crippen LogP contribution in [0.4, 0.5) is 5.69 Å². The zero-order valence-corrected chi connectivity index (χ0v) is 10.6. The maximum atomic E-state index is 11.2. The minimum Gasteiger partial charge on any atom is -0.481 e. The van der Waals surface area contributed by atoms with Gasteiger partial charge in [0.05, 0.1) is 13.2 Å². The van der Waals surface area contributed by atoms with Crippen LogP contribution >= 0.6 is 0 Å². The van der Waals surface area contributed by atoms with Crippen molar-refractivity contribution in [2.24, 2.45) is 5.41 Å². The highest BCUT2D eigenvalue weighted by atomic mass is 16.7. The number of aliphatic carboxylic acids is 1. The molecule has 0 saturated carbocycles. The Morgan fingerprint density at radius 2 is 2.05 bits per heavy atom. The Balaban J connectivity index is 1.75. The third kappa shape index (κ3) is 1.98. The molecule has 0 radical (unpaired) electrons. The molecule has 0 unspecified atom stereocenters. The fourth-order valence-electron chi connectivity index (χ4n) is 2.15. The SMILES string of the molecule is Cc1cc2c(cc1NCC1(C(=O)O)COC1)OCO2. The fraction of sp³-hybridized carbons (Fsp3) is 0.462. The molecule has 19 heavy (non-hydrogen) atoms. The zero-order valence-electron chi connectivity index (χ0n) is 10.6. The summed E-state index contributed by atoms with van der Waals surface area (Å²) in [6, 6.07) is 3.72. The number of hydrogen-bond donors (Lipinski definition) is 2. The fourth-order valence-corrected chi connectivity index (χ4v) is 2.15. The van der Waals surface area contributed by atoms with E-state index in [4.69, 9.17) is 14.2 Å². The van der Waals surface area contributed by atoms with Crippen LogP contribution in [0.3, 0.4) is 0 Å². The van der Waals surface area contributed by atoms with E-state index in [1.165, 1.54) is 0 Å². The molecule has 1 fully saturated rings. The van der Waals surface area contributed by atoms with E-state index in [1.807, 2.05) is 19.1 Å². The Bertz CT molecular complexity index is 524. The predicted molar refractivity (Wildman–Crippen MR) is 66.7 cm³/mol. The monoisotopic (exact) mass is 265 g/mol. The number of ether oxygens (including phenoxy) is 3. The average Bonchev–Trinajstić information content (AvgIpc) is 2.74. The summed E-state index contributed by atoms with van der Waals surface area (Å²) in [6.07, 6.45) is 0. The summed E-state index contributed by atoms with van der Waals surface area (Å²) in [5, 5.41) is 12.4. The van der Waals surface area contributed by atoms with Crippen molar-refractivity contribution in [2.75, 3.05) is 31.9 Å². The van der Waals surface area contributed by atoms with Crippen LogP contribution in [-0.2, 0) is 9.53 Å². The van der Waals surface area contributed by atoms with Crippen LogP contribution in [-0.4, -0.2) is 37.6 Å². The Morgan fingerprint density at radius 3 is 2.63 bits per heavy atom. The second kappa shape index (κ2) is 4.31. The van der Waals surface area contributed by atoms with Crippen LogP contribution in [0.5, 0.6) is 11.5 Å². The Hall–Kier alpha value is -1.95. The highest BCUT2D eigenvalue weighted by molar-refractivity contribution is 5.77. The molecule has 1 saturated heterocycles. The normalized spacial score (nSPS) is 18.8. The Morgan fingerprint density at radius 1 is 1.37 bits per heavy atom. The summed E-state index contributed by atoms with van der Waals surface area (Å²) in [4.78, 5) is 11.2. The molecule has 6 nitrogen and oxygen atoms in total. The molecule has 0 aliphatic carbocycles. The minimum absolute atomic E-state index is 0.227. The van der Waals surface area contributed by atoms with Crippen molar-refractivity contribution in [3.05, 3.63) is 17.7 Å². The van der Waals surface area contributed by atoms with E-state index in [9.17, 15) is 9.90 Å². The molecule has 0 aromatic heterocycles. The van der Waals surface area contributed by atoms with E-state index < -0.39 is 11.4 Å². The van der Waals surface area contributed by atoms with Gasteiger partial charge < -0.3 is 24.6 Å². The first-order valence-corrected chi connectivity index (χ1v) is 6.06. The van der Waals surface area contributed by atoms with Crippen LogP contribution < -0.4 is 14.8 Å². The van der Waals surface area contributed by atoms with Crippen molar-refractivity contribution in [3.8, 4) is 11.5 Å².